The summed E-state index contributed by atoms with van der Waals surface area (Å²) in [6.45, 7) is 2.03. The lowest BCUT2D eigenvalue weighted by Gasteiger charge is -2.17. The van der Waals surface area contributed by atoms with Crippen LogP contribution in [0.25, 0.3) is 44.9 Å². The van der Waals surface area contributed by atoms with E-state index >= 15 is 0 Å². The maximum atomic E-state index is 8.32. The molecule has 7 rings (SSSR count). The number of nitrogen functional groups attached to an aromatic ring is 1. The summed E-state index contributed by atoms with van der Waals surface area (Å²) >= 11 is 0. The molecule has 6 aromatic rings. The Morgan fingerprint density at radius 3 is 2.17 bits per heavy atom. The van der Waals surface area contributed by atoms with Crippen molar-refractivity contribution in [2.24, 2.45) is 10.7 Å². The summed E-state index contributed by atoms with van der Waals surface area (Å²) in [5.74, 6) is 1.40. The number of hydrogen-bond acceptors (Lipinski definition) is 3. The summed E-state index contributed by atoms with van der Waals surface area (Å²) < 4.78 is 6.35. The standard InChI is InChI=1S/C41H34N4O/c1-2-31(26-22-24-30(25-23-26)41(44)45-40(43)29-10-4-3-5-11-29)38-32(13-9-16-36(38)42)27-18-20-28(21-19-27)33-14-8-15-35-34-12-6-7-17-37(34)46-39(33)35/h2-5,7-11,13-25H,6,12,42H2,1H3,(H3,43,44,45)/b31-2-. The number of fused-ring (bicyclic) bond motifs is 3. The lowest BCUT2D eigenvalue weighted by molar-refractivity contribution is 0.596. The van der Waals surface area contributed by atoms with E-state index in [9.17, 15) is 0 Å². The number of nitrogens with two attached hydrogens (primary N) is 2. The van der Waals surface area contributed by atoms with E-state index in [4.69, 9.17) is 21.3 Å². The van der Waals surface area contributed by atoms with E-state index in [1.807, 2.05) is 73.7 Å². The fourth-order valence-corrected chi connectivity index (χ4v) is 6.29. The zero-order chi connectivity index (χ0) is 31.6. The number of aliphatic imine (C=N–C) groups is 1. The summed E-state index contributed by atoms with van der Waals surface area (Å²) in [4.78, 5) is 4.33. The minimum Gasteiger partial charge on any atom is -0.456 e. The number of anilines is 1. The fourth-order valence-electron chi connectivity index (χ4n) is 6.29. The van der Waals surface area contributed by atoms with Gasteiger partial charge in [0.1, 0.15) is 17.2 Å². The fraction of sp³-hybridized carbons (Fsp3) is 0.0732. The predicted molar refractivity (Wildman–Crippen MR) is 192 cm³/mol. The highest BCUT2D eigenvalue weighted by Crippen LogP contribution is 2.40. The van der Waals surface area contributed by atoms with E-state index in [1.165, 1.54) is 10.9 Å². The van der Waals surface area contributed by atoms with Crippen molar-refractivity contribution >= 4 is 40.0 Å². The largest absolute Gasteiger partial charge is 0.456 e. The summed E-state index contributed by atoms with van der Waals surface area (Å²) in [5.41, 5.74) is 24.7. The molecule has 0 saturated heterocycles. The predicted octanol–water partition coefficient (Wildman–Crippen LogP) is 9.49. The number of nitrogens with one attached hydrogen (secondary N) is 1. The maximum Gasteiger partial charge on any atom is 0.154 e. The molecule has 5 nitrogen and oxygen atoms in total. The molecule has 0 atom stereocenters. The summed E-state index contributed by atoms with van der Waals surface area (Å²) in [6.07, 6.45) is 8.42. The van der Waals surface area contributed by atoms with Crippen molar-refractivity contribution in [3.05, 3.63) is 161 Å². The van der Waals surface area contributed by atoms with Gasteiger partial charge in [-0.05, 0) is 59.7 Å². The van der Waals surface area contributed by atoms with Crippen LogP contribution in [-0.4, -0.2) is 11.7 Å². The molecule has 0 spiro atoms. The molecule has 224 valence electrons. The molecule has 1 aliphatic carbocycles. The van der Waals surface area contributed by atoms with Crippen molar-refractivity contribution in [1.29, 1.82) is 5.41 Å². The van der Waals surface area contributed by atoms with E-state index < -0.39 is 0 Å². The van der Waals surface area contributed by atoms with E-state index in [0.29, 0.717) is 17.1 Å². The van der Waals surface area contributed by atoms with E-state index in [-0.39, 0.29) is 5.84 Å². The molecule has 0 saturated carbocycles. The highest BCUT2D eigenvalue weighted by molar-refractivity contribution is 6.10. The van der Waals surface area contributed by atoms with Crippen molar-refractivity contribution in [2.45, 2.75) is 19.8 Å². The van der Waals surface area contributed by atoms with Gasteiger partial charge >= 0.3 is 0 Å². The van der Waals surface area contributed by atoms with Crippen molar-refractivity contribution in [3.8, 4) is 22.3 Å². The third kappa shape index (κ3) is 5.33. The Kier molecular flexibility index (Phi) is 7.65. The van der Waals surface area contributed by atoms with Crippen LogP contribution in [0.5, 0.6) is 0 Å². The first-order chi connectivity index (χ1) is 22.5. The third-order valence-electron chi connectivity index (χ3n) is 8.61. The average molecular weight is 599 g/mol. The van der Waals surface area contributed by atoms with E-state index in [1.54, 1.807) is 0 Å². The minimum absolute atomic E-state index is 0.126. The second-order valence-electron chi connectivity index (χ2n) is 11.4. The lowest BCUT2D eigenvalue weighted by Crippen LogP contribution is -2.16. The number of allylic oxidation sites excluding steroid dienone is 2. The average Bonchev–Trinajstić information content (AvgIpc) is 3.49. The van der Waals surface area contributed by atoms with Gasteiger partial charge < -0.3 is 15.9 Å². The van der Waals surface area contributed by atoms with Gasteiger partial charge in [0.25, 0.3) is 0 Å². The Morgan fingerprint density at radius 1 is 0.761 bits per heavy atom. The number of nitrogens with zero attached hydrogens (tertiary/aromatic N) is 1. The van der Waals surface area contributed by atoms with Crippen LogP contribution >= 0.6 is 0 Å². The zero-order valence-electron chi connectivity index (χ0n) is 25.6. The summed E-state index contributed by atoms with van der Waals surface area (Å²) in [6, 6.07) is 38.4. The molecule has 1 heterocycles. The number of rotatable bonds is 6. The molecule has 0 bridgehead atoms. The summed E-state index contributed by atoms with van der Waals surface area (Å²) in [5, 5.41) is 9.52. The number of furan rings is 1. The number of aryl methyl sites for hydroxylation is 1. The van der Waals surface area contributed by atoms with Crippen LogP contribution in [0.2, 0.25) is 0 Å². The number of benzene rings is 5. The molecule has 0 radical (unpaired) electrons. The molecule has 46 heavy (non-hydrogen) atoms. The van der Waals surface area contributed by atoms with Gasteiger partial charge in [-0.3, -0.25) is 5.41 Å². The van der Waals surface area contributed by atoms with Gasteiger partial charge in [-0.1, -0.05) is 121 Å². The summed E-state index contributed by atoms with van der Waals surface area (Å²) in [7, 11) is 0. The van der Waals surface area contributed by atoms with Crippen LogP contribution in [0, 0.1) is 5.41 Å². The smallest absolute Gasteiger partial charge is 0.154 e. The molecular formula is C41H34N4O. The van der Waals surface area contributed by atoms with Gasteiger partial charge in [0.15, 0.2) is 5.84 Å². The monoisotopic (exact) mass is 598 g/mol. The van der Waals surface area contributed by atoms with E-state index in [2.05, 4.69) is 71.8 Å². The van der Waals surface area contributed by atoms with Gasteiger partial charge in [-0.15, -0.1) is 0 Å². The van der Waals surface area contributed by atoms with E-state index in [0.717, 1.165) is 68.7 Å². The Labute approximate surface area is 268 Å². The van der Waals surface area contributed by atoms with Crippen LogP contribution in [0.3, 0.4) is 0 Å². The van der Waals surface area contributed by atoms with Crippen molar-refractivity contribution in [3.63, 3.8) is 0 Å². The van der Waals surface area contributed by atoms with Crippen LogP contribution in [0.15, 0.2) is 137 Å². The topological polar surface area (TPSA) is 101 Å². The molecule has 1 aliphatic rings. The quantitative estimate of drug-likeness (QED) is 0.101. The van der Waals surface area contributed by atoms with Gasteiger partial charge in [0.05, 0.1) is 0 Å². The molecule has 0 fully saturated rings. The molecule has 5 aromatic carbocycles. The van der Waals surface area contributed by atoms with Gasteiger partial charge in [0.2, 0.25) is 0 Å². The van der Waals surface area contributed by atoms with Crippen LogP contribution < -0.4 is 11.5 Å². The normalized spacial score (nSPS) is 13.2. The van der Waals surface area contributed by atoms with Gasteiger partial charge in [-0.25, -0.2) is 4.99 Å². The van der Waals surface area contributed by atoms with Gasteiger partial charge in [-0.2, -0.15) is 0 Å². The first-order valence-corrected chi connectivity index (χ1v) is 15.5. The molecule has 1 aromatic heterocycles. The van der Waals surface area contributed by atoms with Crippen molar-refractivity contribution in [1.82, 2.24) is 0 Å². The lowest BCUT2D eigenvalue weighted by atomic mass is 9.88. The van der Waals surface area contributed by atoms with Gasteiger partial charge in [0, 0.05) is 38.9 Å². The molecular weight excluding hydrogens is 564 g/mol. The first kappa shape index (κ1) is 28.8. The van der Waals surface area contributed by atoms with Crippen LogP contribution in [0.4, 0.5) is 5.69 Å². The number of hydrogen-bond donors (Lipinski definition) is 3. The molecule has 0 amide bonds. The zero-order valence-corrected chi connectivity index (χ0v) is 25.6. The molecule has 0 unspecified atom stereocenters. The number of para-hydroxylation sites is 1. The van der Waals surface area contributed by atoms with Crippen molar-refractivity contribution in [2.75, 3.05) is 5.73 Å². The Hall–Kier alpha value is -5.94. The molecule has 5 N–H and O–H groups in total. The van der Waals surface area contributed by atoms with Crippen LogP contribution in [-0.2, 0) is 6.42 Å². The highest BCUT2D eigenvalue weighted by atomic mass is 16.3. The second kappa shape index (κ2) is 12.2. The Morgan fingerprint density at radius 2 is 1.43 bits per heavy atom. The van der Waals surface area contributed by atoms with Crippen LogP contribution in [0.1, 0.15) is 46.9 Å². The first-order valence-electron chi connectivity index (χ1n) is 15.5. The number of amidine groups is 2. The molecule has 0 aliphatic heterocycles. The molecule has 5 heteroatoms. The SMILES string of the molecule is C/C=C(/c1ccc(C(N)=NC(=N)c2ccccc2)cc1)c1c(N)cccc1-c1ccc(-c2cccc3c4c(oc23)C=CCC4)cc1. The third-order valence-corrected chi connectivity index (χ3v) is 8.61. The maximum absolute atomic E-state index is 8.32. The Balaban J connectivity index is 1.19. The highest BCUT2D eigenvalue weighted by Gasteiger charge is 2.19. The Bertz CT molecular complexity index is 2170. The minimum atomic E-state index is 0.126. The second-order valence-corrected chi connectivity index (χ2v) is 11.4. The van der Waals surface area contributed by atoms with Crippen molar-refractivity contribution < 1.29 is 4.42 Å².